The van der Waals surface area contributed by atoms with Gasteiger partial charge < -0.3 is 11.1 Å². The van der Waals surface area contributed by atoms with Gasteiger partial charge in [-0.25, -0.2) is 0 Å². The normalized spacial score (nSPS) is 14.8. The highest BCUT2D eigenvalue weighted by atomic mass is 79.9. The minimum atomic E-state index is -0.370. The highest BCUT2D eigenvalue weighted by Gasteiger charge is 2.23. The van der Waals surface area contributed by atoms with Crippen LogP contribution >= 0.6 is 43.5 Å². The summed E-state index contributed by atoms with van der Waals surface area (Å²) in [5.74, 6) is -0.0181. The molecule has 0 saturated carbocycles. The molecule has 1 amide bonds. The standard InChI is InChI=1S/C15H11Br2ClN2O/c16-8-1-2-11(17)9(5-8)15(19)10-3-7-4-14(21)20-13(7)6-12(10)18/h1-3,5-6,15H,4,19H2,(H,20,21). The molecule has 0 spiro atoms. The Hall–Kier alpha value is -0.880. The number of halogens is 3. The fourth-order valence-electron chi connectivity index (χ4n) is 2.43. The number of benzene rings is 2. The van der Waals surface area contributed by atoms with E-state index in [1.807, 2.05) is 24.3 Å². The number of carbonyl (C=O) groups excluding carboxylic acids is 1. The lowest BCUT2D eigenvalue weighted by molar-refractivity contribution is -0.115. The number of hydrogen-bond donors (Lipinski definition) is 2. The van der Waals surface area contributed by atoms with Gasteiger partial charge in [0.15, 0.2) is 0 Å². The Morgan fingerprint density at radius 1 is 1.19 bits per heavy atom. The van der Waals surface area contributed by atoms with Gasteiger partial charge in [-0.1, -0.05) is 43.5 Å². The van der Waals surface area contributed by atoms with E-state index in [-0.39, 0.29) is 11.9 Å². The van der Waals surface area contributed by atoms with Crippen molar-refractivity contribution in [2.75, 3.05) is 5.32 Å². The topological polar surface area (TPSA) is 55.1 Å². The first-order chi connectivity index (χ1) is 9.95. The monoisotopic (exact) mass is 428 g/mol. The summed E-state index contributed by atoms with van der Waals surface area (Å²) in [6.45, 7) is 0. The first kappa shape index (κ1) is 15.0. The van der Waals surface area contributed by atoms with E-state index in [9.17, 15) is 4.79 Å². The van der Waals surface area contributed by atoms with E-state index in [2.05, 4.69) is 37.2 Å². The van der Waals surface area contributed by atoms with Crippen LogP contribution in [-0.4, -0.2) is 5.91 Å². The molecule has 1 heterocycles. The van der Waals surface area contributed by atoms with Gasteiger partial charge >= 0.3 is 0 Å². The molecule has 108 valence electrons. The lowest BCUT2D eigenvalue weighted by Crippen LogP contribution is -2.13. The van der Waals surface area contributed by atoms with Gasteiger partial charge in [-0.05, 0) is 47.0 Å². The maximum Gasteiger partial charge on any atom is 0.228 e. The summed E-state index contributed by atoms with van der Waals surface area (Å²) >= 11 is 13.3. The van der Waals surface area contributed by atoms with Crippen molar-refractivity contribution in [1.82, 2.24) is 0 Å². The van der Waals surface area contributed by atoms with Crippen molar-refractivity contribution in [3.8, 4) is 0 Å². The number of fused-ring (bicyclic) bond motifs is 1. The average molecular weight is 431 g/mol. The van der Waals surface area contributed by atoms with Gasteiger partial charge in [0.2, 0.25) is 5.91 Å². The Morgan fingerprint density at radius 3 is 2.71 bits per heavy atom. The zero-order chi connectivity index (χ0) is 15.1. The van der Waals surface area contributed by atoms with Gasteiger partial charge in [0.1, 0.15) is 0 Å². The van der Waals surface area contributed by atoms with Gasteiger partial charge in [-0.15, -0.1) is 0 Å². The second-order valence-corrected chi connectivity index (χ2v) is 7.08. The molecule has 3 nitrogen and oxygen atoms in total. The molecule has 21 heavy (non-hydrogen) atoms. The van der Waals surface area contributed by atoms with Crippen molar-refractivity contribution in [1.29, 1.82) is 0 Å². The minimum Gasteiger partial charge on any atom is -0.325 e. The van der Waals surface area contributed by atoms with E-state index in [1.54, 1.807) is 6.07 Å². The van der Waals surface area contributed by atoms with Crippen molar-refractivity contribution in [3.05, 3.63) is 61.0 Å². The molecule has 0 aromatic heterocycles. The summed E-state index contributed by atoms with van der Waals surface area (Å²) in [7, 11) is 0. The van der Waals surface area contributed by atoms with E-state index in [0.29, 0.717) is 11.4 Å². The molecule has 1 unspecified atom stereocenters. The average Bonchev–Trinajstić information content (AvgIpc) is 2.79. The van der Waals surface area contributed by atoms with Crippen LogP contribution in [0.15, 0.2) is 39.3 Å². The van der Waals surface area contributed by atoms with Crippen LogP contribution in [0.1, 0.15) is 22.7 Å². The molecular formula is C15H11Br2ClN2O. The van der Waals surface area contributed by atoms with Crippen molar-refractivity contribution < 1.29 is 4.79 Å². The number of hydrogen-bond acceptors (Lipinski definition) is 2. The van der Waals surface area contributed by atoms with Crippen LogP contribution in [0.2, 0.25) is 5.02 Å². The molecule has 2 aromatic carbocycles. The van der Waals surface area contributed by atoms with Crippen molar-refractivity contribution in [3.63, 3.8) is 0 Å². The number of amides is 1. The van der Waals surface area contributed by atoms with Crippen molar-refractivity contribution >= 4 is 55.1 Å². The SMILES string of the molecule is NC(c1cc2c(cc1Cl)NC(=O)C2)c1cc(Br)ccc1Br. The molecule has 3 N–H and O–H groups in total. The number of anilines is 1. The Labute approximate surface area is 144 Å². The second kappa shape index (κ2) is 5.72. The molecule has 0 aliphatic carbocycles. The molecule has 0 bridgehead atoms. The van der Waals surface area contributed by atoms with Crippen LogP contribution < -0.4 is 11.1 Å². The number of nitrogens with two attached hydrogens (primary N) is 1. The first-order valence-corrected chi connectivity index (χ1v) is 8.25. The second-order valence-electron chi connectivity index (χ2n) is 4.90. The van der Waals surface area contributed by atoms with Crippen LogP contribution in [-0.2, 0) is 11.2 Å². The Morgan fingerprint density at radius 2 is 1.95 bits per heavy atom. The molecule has 2 aromatic rings. The predicted molar refractivity (Wildman–Crippen MR) is 91.7 cm³/mol. The Kier molecular flexibility index (Phi) is 4.10. The molecule has 3 rings (SSSR count). The summed E-state index contributed by atoms with van der Waals surface area (Å²) in [4.78, 5) is 11.5. The smallest absolute Gasteiger partial charge is 0.228 e. The van der Waals surface area contributed by atoms with E-state index < -0.39 is 0 Å². The van der Waals surface area contributed by atoms with Crippen LogP contribution in [0.5, 0.6) is 0 Å². The number of nitrogens with one attached hydrogen (secondary N) is 1. The lowest BCUT2D eigenvalue weighted by atomic mass is 9.97. The maximum atomic E-state index is 11.5. The highest BCUT2D eigenvalue weighted by molar-refractivity contribution is 9.11. The molecule has 1 aliphatic rings. The maximum absolute atomic E-state index is 11.5. The highest BCUT2D eigenvalue weighted by Crippen LogP contribution is 2.36. The van der Waals surface area contributed by atoms with Gasteiger partial charge in [0, 0.05) is 19.7 Å². The van der Waals surface area contributed by atoms with Gasteiger partial charge in [-0.2, -0.15) is 0 Å². The fraction of sp³-hybridized carbons (Fsp3) is 0.133. The summed E-state index contributed by atoms with van der Waals surface area (Å²) in [6.07, 6.45) is 0.367. The largest absolute Gasteiger partial charge is 0.325 e. The molecule has 0 fully saturated rings. The number of rotatable bonds is 2. The van der Waals surface area contributed by atoms with E-state index >= 15 is 0 Å². The van der Waals surface area contributed by atoms with E-state index in [0.717, 1.165) is 31.3 Å². The lowest BCUT2D eigenvalue weighted by Gasteiger charge is -2.17. The third-order valence-electron chi connectivity index (χ3n) is 3.48. The Balaban J connectivity index is 2.06. The summed E-state index contributed by atoms with van der Waals surface area (Å²) in [6, 6.07) is 9.14. The van der Waals surface area contributed by atoms with Crippen LogP contribution in [0.25, 0.3) is 0 Å². The van der Waals surface area contributed by atoms with Crippen LogP contribution in [0.3, 0.4) is 0 Å². The van der Waals surface area contributed by atoms with Gasteiger partial charge in [-0.3, -0.25) is 4.79 Å². The first-order valence-electron chi connectivity index (χ1n) is 6.28. The molecule has 0 saturated heterocycles. The summed E-state index contributed by atoms with van der Waals surface area (Å²) < 4.78 is 1.87. The third-order valence-corrected chi connectivity index (χ3v) is 5.02. The van der Waals surface area contributed by atoms with Crippen LogP contribution in [0, 0.1) is 0 Å². The number of carbonyl (C=O) groups is 1. The van der Waals surface area contributed by atoms with Gasteiger partial charge in [0.05, 0.1) is 12.5 Å². The summed E-state index contributed by atoms with van der Waals surface area (Å²) in [5, 5.41) is 3.33. The third kappa shape index (κ3) is 2.88. The van der Waals surface area contributed by atoms with E-state index in [4.69, 9.17) is 17.3 Å². The van der Waals surface area contributed by atoms with Crippen molar-refractivity contribution in [2.45, 2.75) is 12.5 Å². The van der Waals surface area contributed by atoms with Crippen molar-refractivity contribution in [2.24, 2.45) is 5.73 Å². The zero-order valence-corrected chi connectivity index (χ0v) is 14.7. The fourth-order valence-corrected chi connectivity index (χ4v) is 3.58. The molecular weight excluding hydrogens is 419 g/mol. The van der Waals surface area contributed by atoms with Crippen LogP contribution in [0.4, 0.5) is 5.69 Å². The molecule has 6 heteroatoms. The summed E-state index contributed by atoms with van der Waals surface area (Å²) in [5.41, 5.74) is 9.82. The predicted octanol–water partition coefficient (Wildman–Crippen LogP) is 4.41. The van der Waals surface area contributed by atoms with Gasteiger partial charge in [0.25, 0.3) is 0 Å². The minimum absolute atomic E-state index is 0.0181. The molecule has 0 radical (unpaired) electrons. The quantitative estimate of drug-likeness (QED) is 0.742. The molecule has 1 aliphatic heterocycles. The molecule has 1 atom stereocenters. The Bertz CT molecular complexity index is 749. The zero-order valence-electron chi connectivity index (χ0n) is 10.8. The van der Waals surface area contributed by atoms with E-state index in [1.165, 1.54) is 0 Å².